The highest BCUT2D eigenvalue weighted by Crippen LogP contribution is 2.28. The highest BCUT2D eigenvalue weighted by Gasteiger charge is 2.13. The first-order valence-electron chi connectivity index (χ1n) is 5.88. The van der Waals surface area contributed by atoms with Crippen molar-refractivity contribution in [1.29, 1.82) is 0 Å². The van der Waals surface area contributed by atoms with E-state index in [1.807, 2.05) is 13.8 Å². The summed E-state index contributed by atoms with van der Waals surface area (Å²) in [6.07, 6.45) is -0.656. The van der Waals surface area contributed by atoms with Gasteiger partial charge in [0.2, 0.25) is 0 Å². The fourth-order valence-corrected chi connectivity index (χ4v) is 1.59. The minimum absolute atomic E-state index is 0.0114. The van der Waals surface area contributed by atoms with Crippen LogP contribution in [0, 0.1) is 10.1 Å². The van der Waals surface area contributed by atoms with Gasteiger partial charge < -0.3 is 15.2 Å². The predicted molar refractivity (Wildman–Crippen MR) is 72.7 cm³/mol. The lowest BCUT2D eigenvalue weighted by Crippen LogP contribution is -2.35. The molecule has 106 valence electrons. The van der Waals surface area contributed by atoms with Crippen molar-refractivity contribution in [1.82, 2.24) is 5.32 Å². The van der Waals surface area contributed by atoms with Crippen molar-refractivity contribution in [2.45, 2.75) is 26.0 Å². The first-order chi connectivity index (χ1) is 8.90. The van der Waals surface area contributed by atoms with Crippen LogP contribution in [0.5, 0.6) is 5.75 Å². The molecule has 0 amide bonds. The molecular weight excluding hydrogens is 272 g/mol. The molecule has 0 heterocycles. The lowest BCUT2D eigenvalue weighted by Gasteiger charge is -2.15. The van der Waals surface area contributed by atoms with Crippen LogP contribution in [0.2, 0.25) is 5.02 Å². The molecule has 0 saturated carbocycles. The number of nitro groups is 1. The van der Waals surface area contributed by atoms with Crippen molar-refractivity contribution in [2.75, 3.05) is 13.2 Å². The quantitative estimate of drug-likeness (QED) is 0.592. The third-order valence-electron chi connectivity index (χ3n) is 2.32. The van der Waals surface area contributed by atoms with Crippen LogP contribution in [-0.2, 0) is 0 Å². The molecule has 1 atom stereocenters. The summed E-state index contributed by atoms with van der Waals surface area (Å²) >= 11 is 5.75. The molecule has 0 aliphatic carbocycles. The maximum Gasteiger partial charge on any atom is 0.288 e. The van der Waals surface area contributed by atoms with Gasteiger partial charge in [0.1, 0.15) is 23.5 Å². The van der Waals surface area contributed by atoms with Crippen LogP contribution < -0.4 is 10.1 Å². The normalized spacial score (nSPS) is 12.5. The summed E-state index contributed by atoms with van der Waals surface area (Å²) in [6, 6.07) is 4.37. The van der Waals surface area contributed by atoms with E-state index in [4.69, 9.17) is 16.3 Å². The van der Waals surface area contributed by atoms with Gasteiger partial charge in [-0.3, -0.25) is 10.1 Å². The van der Waals surface area contributed by atoms with E-state index < -0.39 is 11.0 Å². The van der Waals surface area contributed by atoms with Gasteiger partial charge in [-0.1, -0.05) is 25.4 Å². The Balaban J connectivity index is 2.50. The molecule has 7 heteroatoms. The van der Waals surface area contributed by atoms with Gasteiger partial charge in [0, 0.05) is 24.7 Å². The first-order valence-corrected chi connectivity index (χ1v) is 6.26. The molecule has 6 nitrogen and oxygen atoms in total. The van der Waals surface area contributed by atoms with Crippen LogP contribution in [-0.4, -0.2) is 35.3 Å². The Morgan fingerprint density at radius 3 is 2.74 bits per heavy atom. The standard InChI is InChI=1S/C12H17ClN2O4/c1-8(2)14-6-9(16)7-19-10-3-4-12(15(17)18)11(13)5-10/h3-5,8-9,14,16H,6-7H2,1-2H3. The van der Waals surface area contributed by atoms with Crippen LogP contribution in [0.4, 0.5) is 5.69 Å². The second kappa shape index (κ2) is 7.28. The van der Waals surface area contributed by atoms with Crippen molar-refractivity contribution in [3.8, 4) is 5.75 Å². The Morgan fingerprint density at radius 2 is 2.21 bits per heavy atom. The Hall–Kier alpha value is -1.37. The molecule has 0 fully saturated rings. The van der Waals surface area contributed by atoms with E-state index >= 15 is 0 Å². The average molecular weight is 289 g/mol. The molecule has 0 radical (unpaired) electrons. The zero-order valence-electron chi connectivity index (χ0n) is 10.8. The molecule has 1 unspecified atom stereocenters. The summed E-state index contributed by atoms with van der Waals surface area (Å²) < 4.78 is 5.32. The summed E-state index contributed by atoms with van der Waals surface area (Å²) in [5.41, 5.74) is -0.170. The maximum absolute atomic E-state index is 10.6. The van der Waals surface area contributed by atoms with Gasteiger partial charge in [-0.2, -0.15) is 0 Å². The second-order valence-electron chi connectivity index (χ2n) is 4.40. The monoisotopic (exact) mass is 288 g/mol. The Kier molecular flexibility index (Phi) is 6.01. The molecule has 0 bridgehead atoms. The Morgan fingerprint density at radius 1 is 1.53 bits per heavy atom. The molecular formula is C12H17ClN2O4. The number of benzene rings is 1. The molecule has 19 heavy (non-hydrogen) atoms. The minimum atomic E-state index is -0.656. The van der Waals surface area contributed by atoms with Crippen LogP contribution in [0.1, 0.15) is 13.8 Å². The predicted octanol–water partition coefficient (Wildman–Crippen LogP) is 1.99. The number of nitrogens with one attached hydrogen (secondary N) is 1. The minimum Gasteiger partial charge on any atom is -0.491 e. The van der Waals surface area contributed by atoms with Gasteiger partial charge in [0.05, 0.1) is 4.92 Å². The number of hydrogen-bond acceptors (Lipinski definition) is 5. The van der Waals surface area contributed by atoms with Crippen LogP contribution >= 0.6 is 11.6 Å². The highest BCUT2D eigenvalue weighted by atomic mass is 35.5. The van der Waals surface area contributed by atoms with Crippen molar-refractivity contribution < 1.29 is 14.8 Å². The molecule has 1 aromatic rings. The van der Waals surface area contributed by atoms with Crippen LogP contribution in [0.3, 0.4) is 0 Å². The van der Waals surface area contributed by atoms with E-state index in [0.29, 0.717) is 12.3 Å². The number of aliphatic hydroxyl groups excluding tert-OH is 1. The molecule has 0 aliphatic heterocycles. The van der Waals surface area contributed by atoms with Crippen LogP contribution in [0.15, 0.2) is 18.2 Å². The van der Waals surface area contributed by atoms with Crippen LogP contribution in [0.25, 0.3) is 0 Å². The van der Waals surface area contributed by atoms with E-state index in [9.17, 15) is 15.2 Å². The first kappa shape index (κ1) is 15.7. The lowest BCUT2D eigenvalue weighted by atomic mass is 10.3. The number of hydrogen-bond donors (Lipinski definition) is 2. The summed E-state index contributed by atoms with van der Waals surface area (Å²) in [5.74, 6) is 0.388. The summed E-state index contributed by atoms with van der Waals surface area (Å²) in [6.45, 7) is 4.46. The van der Waals surface area contributed by atoms with Crippen molar-refractivity contribution >= 4 is 17.3 Å². The van der Waals surface area contributed by atoms with Gasteiger partial charge in [-0.25, -0.2) is 0 Å². The largest absolute Gasteiger partial charge is 0.491 e. The number of aliphatic hydroxyl groups is 1. The van der Waals surface area contributed by atoms with Gasteiger partial charge in [0.15, 0.2) is 0 Å². The molecule has 1 rings (SSSR count). The van der Waals surface area contributed by atoms with E-state index in [2.05, 4.69) is 5.32 Å². The third-order valence-corrected chi connectivity index (χ3v) is 2.62. The molecule has 0 aliphatic rings. The zero-order valence-corrected chi connectivity index (χ0v) is 11.6. The summed E-state index contributed by atoms with van der Waals surface area (Å²) in [4.78, 5) is 10.0. The van der Waals surface area contributed by atoms with Gasteiger partial charge in [-0.15, -0.1) is 0 Å². The highest BCUT2D eigenvalue weighted by molar-refractivity contribution is 6.32. The zero-order chi connectivity index (χ0) is 14.4. The van der Waals surface area contributed by atoms with Gasteiger partial charge in [-0.05, 0) is 6.07 Å². The number of halogens is 1. The SMILES string of the molecule is CC(C)NCC(O)COc1ccc([N+](=O)[O-])c(Cl)c1. The van der Waals surface area contributed by atoms with E-state index in [0.717, 1.165) is 0 Å². The van der Waals surface area contributed by atoms with Gasteiger partial charge >= 0.3 is 0 Å². The lowest BCUT2D eigenvalue weighted by molar-refractivity contribution is -0.384. The average Bonchev–Trinajstić information content (AvgIpc) is 2.33. The summed E-state index contributed by atoms with van der Waals surface area (Å²) in [7, 11) is 0. The molecule has 0 spiro atoms. The molecule has 0 saturated heterocycles. The Labute approximate surface area is 116 Å². The number of nitro benzene ring substituents is 1. The Bertz CT molecular complexity index is 440. The van der Waals surface area contributed by atoms with Crippen molar-refractivity contribution in [3.05, 3.63) is 33.3 Å². The smallest absolute Gasteiger partial charge is 0.288 e. The maximum atomic E-state index is 10.6. The fourth-order valence-electron chi connectivity index (χ4n) is 1.35. The number of nitrogens with zero attached hydrogens (tertiary/aromatic N) is 1. The molecule has 1 aromatic carbocycles. The molecule has 2 N–H and O–H groups in total. The molecule has 0 aromatic heterocycles. The number of rotatable bonds is 7. The van der Waals surface area contributed by atoms with E-state index in [-0.39, 0.29) is 23.4 Å². The van der Waals surface area contributed by atoms with Crippen molar-refractivity contribution in [2.24, 2.45) is 0 Å². The van der Waals surface area contributed by atoms with Crippen molar-refractivity contribution in [3.63, 3.8) is 0 Å². The topological polar surface area (TPSA) is 84.6 Å². The third kappa shape index (κ3) is 5.42. The van der Waals surface area contributed by atoms with Gasteiger partial charge in [0.25, 0.3) is 5.69 Å². The second-order valence-corrected chi connectivity index (χ2v) is 4.81. The van der Waals surface area contributed by atoms with E-state index in [1.165, 1.54) is 18.2 Å². The van der Waals surface area contributed by atoms with E-state index in [1.54, 1.807) is 0 Å². The fraction of sp³-hybridized carbons (Fsp3) is 0.500. The number of ether oxygens (including phenoxy) is 1. The summed E-state index contributed by atoms with van der Waals surface area (Å²) in [5, 5.41) is 23.3.